The lowest BCUT2D eigenvalue weighted by molar-refractivity contribution is 0.0961. The van der Waals surface area contributed by atoms with Gasteiger partial charge in [-0.2, -0.15) is 0 Å². The molecular weight excluding hydrogens is 308 g/mol. The Labute approximate surface area is 153 Å². The van der Waals surface area contributed by atoms with Crippen molar-refractivity contribution in [2.24, 2.45) is 23.2 Å². The van der Waals surface area contributed by atoms with Crippen LogP contribution in [-0.4, -0.2) is 22.4 Å². The predicted molar refractivity (Wildman–Crippen MR) is 104 cm³/mol. The van der Waals surface area contributed by atoms with Crippen LogP contribution in [0.4, 0.5) is 0 Å². The van der Waals surface area contributed by atoms with Crippen molar-refractivity contribution < 1.29 is 10.2 Å². The van der Waals surface area contributed by atoms with Crippen LogP contribution in [0.2, 0.25) is 0 Å². The van der Waals surface area contributed by atoms with E-state index in [0.29, 0.717) is 23.8 Å². The van der Waals surface area contributed by atoms with Crippen molar-refractivity contribution >= 4 is 0 Å². The van der Waals surface area contributed by atoms with Gasteiger partial charge in [-0.25, -0.2) is 0 Å². The highest BCUT2D eigenvalue weighted by atomic mass is 16.3. The summed E-state index contributed by atoms with van der Waals surface area (Å²) in [6.45, 7) is 11.1. The molecule has 0 aromatic rings. The summed E-state index contributed by atoms with van der Waals surface area (Å²) < 4.78 is 0. The van der Waals surface area contributed by atoms with Crippen LogP contribution in [0.1, 0.15) is 72.1 Å². The molecule has 2 N–H and O–H groups in total. The summed E-state index contributed by atoms with van der Waals surface area (Å²) in [5.41, 5.74) is 3.81. The van der Waals surface area contributed by atoms with E-state index in [1.54, 1.807) is 5.57 Å². The molecule has 3 aliphatic rings. The molecule has 0 amide bonds. The topological polar surface area (TPSA) is 40.5 Å². The summed E-state index contributed by atoms with van der Waals surface area (Å²) in [6.07, 6.45) is 12.5. The Morgan fingerprint density at radius 1 is 1.20 bits per heavy atom. The molecule has 3 aliphatic carbocycles. The molecule has 3 saturated carbocycles. The van der Waals surface area contributed by atoms with E-state index in [9.17, 15) is 10.2 Å². The van der Waals surface area contributed by atoms with Gasteiger partial charge in [0.05, 0.1) is 12.2 Å². The molecule has 3 fully saturated rings. The van der Waals surface area contributed by atoms with E-state index in [1.165, 1.54) is 38.5 Å². The smallest absolute Gasteiger partial charge is 0.0809 e. The zero-order valence-corrected chi connectivity index (χ0v) is 16.3. The summed E-state index contributed by atoms with van der Waals surface area (Å²) in [7, 11) is 0. The van der Waals surface area contributed by atoms with Crippen LogP contribution in [0.25, 0.3) is 0 Å². The molecule has 0 spiro atoms. The maximum absolute atomic E-state index is 10.0. The van der Waals surface area contributed by atoms with E-state index >= 15 is 0 Å². The third-order valence-corrected chi connectivity index (χ3v) is 7.67. The average molecular weight is 345 g/mol. The minimum atomic E-state index is -0.591. The summed E-state index contributed by atoms with van der Waals surface area (Å²) in [5, 5.41) is 20.1. The lowest BCUT2D eigenvalue weighted by Crippen LogP contribution is -2.35. The van der Waals surface area contributed by atoms with Gasteiger partial charge in [0.15, 0.2) is 0 Å². The number of aliphatic hydroxyl groups is 2. The van der Waals surface area contributed by atoms with Crippen molar-refractivity contribution in [1.29, 1.82) is 0 Å². The molecule has 0 radical (unpaired) electrons. The monoisotopic (exact) mass is 344 g/mol. The van der Waals surface area contributed by atoms with E-state index in [0.717, 1.165) is 23.3 Å². The maximum atomic E-state index is 10.0. The Bertz CT molecular complexity index is 557. The number of rotatable bonds is 3. The molecule has 25 heavy (non-hydrogen) atoms. The van der Waals surface area contributed by atoms with E-state index < -0.39 is 12.2 Å². The second kappa shape index (κ2) is 7.40. The van der Waals surface area contributed by atoms with Gasteiger partial charge < -0.3 is 10.2 Å². The first-order chi connectivity index (χ1) is 11.9. The van der Waals surface area contributed by atoms with Crippen molar-refractivity contribution in [3.05, 3.63) is 35.5 Å². The Hall–Kier alpha value is -0.860. The predicted octanol–water partition coefficient (Wildman–Crippen LogP) is 5.17. The van der Waals surface area contributed by atoms with E-state index in [1.807, 2.05) is 0 Å². The fourth-order valence-corrected chi connectivity index (χ4v) is 5.92. The zero-order chi connectivity index (χ0) is 18.2. The van der Waals surface area contributed by atoms with E-state index in [2.05, 4.69) is 39.5 Å². The van der Waals surface area contributed by atoms with Crippen LogP contribution in [0, 0.1) is 23.2 Å². The highest BCUT2D eigenvalue weighted by Crippen LogP contribution is 2.59. The van der Waals surface area contributed by atoms with Crippen LogP contribution >= 0.6 is 0 Å². The van der Waals surface area contributed by atoms with Gasteiger partial charge in [0.2, 0.25) is 0 Å². The fraction of sp³-hybridized carbons (Fsp3) is 0.739. The van der Waals surface area contributed by atoms with Gasteiger partial charge in [0.1, 0.15) is 0 Å². The van der Waals surface area contributed by atoms with Gasteiger partial charge in [-0.05, 0) is 73.7 Å². The van der Waals surface area contributed by atoms with Gasteiger partial charge in [-0.1, -0.05) is 57.1 Å². The largest absolute Gasteiger partial charge is 0.388 e. The Morgan fingerprint density at radius 2 is 1.88 bits per heavy atom. The van der Waals surface area contributed by atoms with Crippen LogP contribution in [0.5, 0.6) is 0 Å². The van der Waals surface area contributed by atoms with Gasteiger partial charge >= 0.3 is 0 Å². The lowest BCUT2D eigenvalue weighted by atomic mass is 9.61. The summed E-state index contributed by atoms with van der Waals surface area (Å²) in [6, 6.07) is 0. The van der Waals surface area contributed by atoms with Crippen molar-refractivity contribution in [1.82, 2.24) is 0 Å². The molecule has 2 heteroatoms. The minimum Gasteiger partial charge on any atom is -0.388 e. The minimum absolute atomic E-state index is 0.470. The van der Waals surface area contributed by atoms with Crippen molar-refractivity contribution in [2.45, 2.75) is 84.3 Å². The van der Waals surface area contributed by atoms with E-state index in [4.69, 9.17) is 0 Å². The quantitative estimate of drug-likeness (QED) is 0.693. The highest BCUT2D eigenvalue weighted by molar-refractivity contribution is 5.29. The normalized spacial score (nSPS) is 43.5. The molecule has 0 aliphatic heterocycles. The fourth-order valence-electron chi connectivity index (χ4n) is 5.92. The number of hydrogen-bond acceptors (Lipinski definition) is 2. The van der Waals surface area contributed by atoms with Gasteiger partial charge in [0, 0.05) is 0 Å². The number of aliphatic hydroxyl groups excluding tert-OH is 2. The summed E-state index contributed by atoms with van der Waals surface area (Å²) in [5.74, 6) is 2.41. The first-order valence-electron chi connectivity index (χ1n) is 10.3. The molecule has 0 heterocycles. The van der Waals surface area contributed by atoms with Crippen LogP contribution in [0.3, 0.4) is 0 Å². The third kappa shape index (κ3) is 3.53. The Kier molecular flexibility index (Phi) is 5.60. The van der Waals surface area contributed by atoms with E-state index in [-0.39, 0.29) is 0 Å². The number of allylic oxidation sites excluding steroid dienone is 3. The molecule has 0 aromatic heterocycles. The first kappa shape index (κ1) is 18.9. The average Bonchev–Trinajstić information content (AvgIpc) is 2.94. The van der Waals surface area contributed by atoms with Crippen LogP contribution in [-0.2, 0) is 0 Å². The first-order valence-corrected chi connectivity index (χ1v) is 10.3. The SMILES string of the molecule is C=C1C(O)C/C(=C/C=C2\CCC[C@@]3(C)C2CCC3[C@H](C)CC)C[C@H]1O. The van der Waals surface area contributed by atoms with Crippen molar-refractivity contribution in [2.75, 3.05) is 0 Å². The van der Waals surface area contributed by atoms with Crippen molar-refractivity contribution in [3.63, 3.8) is 0 Å². The second-order valence-corrected chi connectivity index (χ2v) is 9.06. The summed E-state index contributed by atoms with van der Waals surface area (Å²) >= 11 is 0. The highest BCUT2D eigenvalue weighted by Gasteiger charge is 2.50. The molecule has 0 bridgehead atoms. The van der Waals surface area contributed by atoms with Crippen LogP contribution in [0.15, 0.2) is 35.5 Å². The molecule has 3 unspecified atom stereocenters. The molecule has 2 nitrogen and oxygen atoms in total. The number of hydrogen-bond donors (Lipinski definition) is 2. The van der Waals surface area contributed by atoms with Gasteiger partial charge in [-0.15, -0.1) is 0 Å². The number of fused-ring (bicyclic) bond motifs is 1. The molecule has 3 rings (SSSR count). The van der Waals surface area contributed by atoms with Gasteiger partial charge in [0.25, 0.3) is 0 Å². The van der Waals surface area contributed by atoms with Crippen LogP contribution < -0.4 is 0 Å². The molecule has 0 aromatic carbocycles. The molecule has 140 valence electrons. The standard InChI is InChI=1S/C23H36O2/c1-5-15(2)19-10-11-20-18(7-6-12-23(19,20)4)9-8-17-13-21(24)16(3)22(25)14-17/h8-9,15,19-22,24-25H,3,5-7,10-14H2,1-2,4H3/b17-8-,18-9+/t15-,19?,20?,21?,22-,23-/m1/s1. The Balaban J connectivity index is 1.78. The zero-order valence-electron chi connectivity index (χ0n) is 16.3. The van der Waals surface area contributed by atoms with Crippen molar-refractivity contribution in [3.8, 4) is 0 Å². The van der Waals surface area contributed by atoms with Gasteiger partial charge in [-0.3, -0.25) is 0 Å². The molecule has 0 saturated heterocycles. The second-order valence-electron chi connectivity index (χ2n) is 9.06. The molecular formula is C23H36O2. The third-order valence-electron chi connectivity index (χ3n) is 7.67. The lowest BCUT2D eigenvalue weighted by Gasteiger charge is -2.44. The Morgan fingerprint density at radius 3 is 2.52 bits per heavy atom. The molecule has 6 atom stereocenters. The summed E-state index contributed by atoms with van der Waals surface area (Å²) in [4.78, 5) is 0. The maximum Gasteiger partial charge on any atom is 0.0809 e.